The molecule has 0 saturated carbocycles. The second-order valence-corrected chi connectivity index (χ2v) is 5.65. The summed E-state index contributed by atoms with van der Waals surface area (Å²) in [5, 5.41) is 2.90. The van der Waals surface area contributed by atoms with E-state index in [0.717, 1.165) is 44.6 Å². The lowest BCUT2D eigenvalue weighted by atomic mass is 9.84. The van der Waals surface area contributed by atoms with Crippen LogP contribution >= 0.6 is 0 Å². The second kappa shape index (κ2) is 5.29. The van der Waals surface area contributed by atoms with Crippen molar-refractivity contribution in [2.75, 3.05) is 19.6 Å². The Morgan fingerprint density at radius 1 is 1.29 bits per heavy atom. The van der Waals surface area contributed by atoms with Crippen LogP contribution < -0.4 is 5.32 Å². The zero-order valence-electron chi connectivity index (χ0n) is 11.4. The van der Waals surface area contributed by atoms with Crippen LogP contribution in [0.5, 0.6) is 0 Å². The molecule has 4 nitrogen and oxygen atoms in total. The van der Waals surface area contributed by atoms with Gasteiger partial charge in [-0.15, -0.1) is 0 Å². The molecule has 3 aliphatic rings. The molecule has 1 N–H and O–H groups in total. The van der Waals surface area contributed by atoms with Gasteiger partial charge in [-0.25, -0.2) is 0 Å². The van der Waals surface area contributed by atoms with Gasteiger partial charge in [-0.2, -0.15) is 13.2 Å². The zero-order valence-corrected chi connectivity index (χ0v) is 11.4. The van der Waals surface area contributed by atoms with Crippen molar-refractivity contribution in [3.8, 4) is 0 Å². The van der Waals surface area contributed by atoms with Crippen molar-refractivity contribution in [2.45, 2.75) is 25.1 Å². The van der Waals surface area contributed by atoms with Crippen molar-refractivity contribution in [2.24, 2.45) is 5.92 Å². The maximum Gasteiger partial charge on any atom is 0.417 e. The van der Waals surface area contributed by atoms with Crippen molar-refractivity contribution >= 4 is 5.91 Å². The topological polar surface area (TPSA) is 45.2 Å². The Kier molecular flexibility index (Phi) is 3.61. The van der Waals surface area contributed by atoms with Crippen LogP contribution in [0, 0.1) is 5.92 Å². The number of hydrogen-bond donors (Lipinski definition) is 1. The molecule has 4 rings (SSSR count). The van der Waals surface area contributed by atoms with Crippen molar-refractivity contribution < 1.29 is 18.0 Å². The van der Waals surface area contributed by atoms with Gasteiger partial charge in [0.15, 0.2) is 0 Å². The first-order valence-electron chi connectivity index (χ1n) is 7.00. The fraction of sp³-hybridized carbons (Fsp3) is 0.571. The molecule has 1 atom stereocenters. The van der Waals surface area contributed by atoms with Crippen LogP contribution in [0.15, 0.2) is 18.3 Å². The summed E-state index contributed by atoms with van der Waals surface area (Å²) in [6, 6.07) is 2.09. The van der Waals surface area contributed by atoms with Gasteiger partial charge < -0.3 is 10.2 Å². The summed E-state index contributed by atoms with van der Waals surface area (Å²) in [5.41, 5.74) is -0.818. The van der Waals surface area contributed by atoms with Gasteiger partial charge in [-0.1, -0.05) is 0 Å². The highest BCUT2D eigenvalue weighted by Gasteiger charge is 2.35. The van der Waals surface area contributed by atoms with E-state index in [1.54, 1.807) is 0 Å². The SMILES string of the molecule is O=C(N[C@@H]1CN2CCC1CC2)c1ccc(C(F)(F)F)cn1. The van der Waals surface area contributed by atoms with Gasteiger partial charge in [0.25, 0.3) is 5.91 Å². The van der Waals surface area contributed by atoms with Gasteiger partial charge in [-0.05, 0) is 44.0 Å². The van der Waals surface area contributed by atoms with Gasteiger partial charge >= 0.3 is 6.18 Å². The van der Waals surface area contributed by atoms with Crippen LogP contribution in [0.25, 0.3) is 0 Å². The first kappa shape index (κ1) is 14.3. The van der Waals surface area contributed by atoms with Gasteiger partial charge in [-0.3, -0.25) is 9.78 Å². The first-order chi connectivity index (χ1) is 9.93. The number of rotatable bonds is 2. The number of alkyl halides is 3. The Bertz CT molecular complexity index is 521. The highest BCUT2D eigenvalue weighted by molar-refractivity contribution is 5.92. The third-order valence-corrected chi connectivity index (χ3v) is 4.30. The molecule has 7 heteroatoms. The highest BCUT2D eigenvalue weighted by atomic mass is 19.4. The molecule has 0 aromatic carbocycles. The van der Waals surface area contributed by atoms with E-state index in [1.165, 1.54) is 0 Å². The third kappa shape index (κ3) is 3.02. The number of nitrogens with zero attached hydrogens (tertiary/aromatic N) is 2. The van der Waals surface area contributed by atoms with Crippen LogP contribution in [0.2, 0.25) is 0 Å². The Morgan fingerprint density at radius 2 is 2.00 bits per heavy atom. The summed E-state index contributed by atoms with van der Waals surface area (Å²) in [6.07, 6.45) is -1.61. The average molecular weight is 299 g/mol. The standard InChI is InChI=1S/C14H16F3N3O/c15-14(16,17)10-1-2-11(18-7-10)13(21)19-12-8-20-5-3-9(12)4-6-20/h1-2,7,9,12H,3-6,8H2,(H,19,21)/t12-/m1/s1. The monoisotopic (exact) mass is 299 g/mol. The molecule has 0 spiro atoms. The zero-order chi connectivity index (χ0) is 15.0. The number of halogens is 3. The summed E-state index contributed by atoms with van der Waals surface area (Å²) in [7, 11) is 0. The number of amides is 1. The van der Waals surface area contributed by atoms with Crippen LogP contribution in [-0.2, 0) is 6.18 Å². The van der Waals surface area contributed by atoms with E-state index in [9.17, 15) is 18.0 Å². The smallest absolute Gasteiger partial charge is 0.346 e. The maximum atomic E-state index is 12.4. The second-order valence-electron chi connectivity index (χ2n) is 5.65. The van der Waals surface area contributed by atoms with Gasteiger partial charge in [0.1, 0.15) is 5.69 Å². The molecular weight excluding hydrogens is 283 g/mol. The molecule has 21 heavy (non-hydrogen) atoms. The molecule has 3 saturated heterocycles. The quantitative estimate of drug-likeness (QED) is 0.907. The molecule has 1 amide bonds. The predicted molar refractivity (Wildman–Crippen MR) is 69.7 cm³/mol. The summed E-state index contributed by atoms with van der Waals surface area (Å²) in [6.45, 7) is 2.95. The molecule has 0 unspecified atom stereocenters. The molecular formula is C14H16F3N3O. The van der Waals surface area contributed by atoms with E-state index in [0.29, 0.717) is 12.1 Å². The lowest BCUT2D eigenvalue weighted by molar-refractivity contribution is -0.137. The molecule has 114 valence electrons. The van der Waals surface area contributed by atoms with Crippen molar-refractivity contribution in [3.05, 3.63) is 29.6 Å². The normalized spacial score (nSPS) is 28.4. The number of fused-ring (bicyclic) bond motifs is 3. The fourth-order valence-electron chi connectivity index (χ4n) is 3.07. The van der Waals surface area contributed by atoms with Crippen LogP contribution in [-0.4, -0.2) is 41.5 Å². The molecule has 0 aliphatic carbocycles. The molecule has 3 aliphatic heterocycles. The van der Waals surface area contributed by atoms with Crippen molar-refractivity contribution in [1.29, 1.82) is 0 Å². The number of carbonyl (C=O) groups excluding carboxylic acids is 1. The van der Waals surface area contributed by atoms with Crippen molar-refractivity contribution in [1.82, 2.24) is 15.2 Å². The minimum absolute atomic E-state index is 0.0273. The largest absolute Gasteiger partial charge is 0.417 e. The van der Waals surface area contributed by atoms with E-state index < -0.39 is 17.6 Å². The van der Waals surface area contributed by atoms with Crippen LogP contribution in [0.1, 0.15) is 28.9 Å². The number of pyridine rings is 1. The molecule has 4 heterocycles. The Hall–Kier alpha value is -1.63. The van der Waals surface area contributed by atoms with Gasteiger partial charge in [0, 0.05) is 18.8 Å². The predicted octanol–water partition coefficient (Wildman–Crippen LogP) is 1.92. The van der Waals surface area contributed by atoms with E-state index in [-0.39, 0.29) is 11.7 Å². The number of piperidine rings is 3. The van der Waals surface area contributed by atoms with E-state index in [4.69, 9.17) is 0 Å². The van der Waals surface area contributed by atoms with Crippen LogP contribution in [0.4, 0.5) is 13.2 Å². The molecule has 3 fully saturated rings. The molecule has 0 radical (unpaired) electrons. The summed E-state index contributed by atoms with van der Waals surface area (Å²) in [5.74, 6) is 0.0656. The number of aromatic nitrogens is 1. The lowest BCUT2D eigenvalue weighted by Gasteiger charge is -2.44. The first-order valence-corrected chi connectivity index (χ1v) is 7.00. The van der Waals surface area contributed by atoms with E-state index in [2.05, 4.69) is 15.2 Å². The van der Waals surface area contributed by atoms with Crippen LogP contribution in [0.3, 0.4) is 0 Å². The van der Waals surface area contributed by atoms with E-state index in [1.807, 2.05) is 0 Å². The molecule has 1 aromatic rings. The highest BCUT2D eigenvalue weighted by Crippen LogP contribution is 2.29. The molecule has 1 aromatic heterocycles. The Morgan fingerprint density at radius 3 is 2.48 bits per heavy atom. The minimum atomic E-state index is -4.43. The summed E-state index contributed by atoms with van der Waals surface area (Å²) >= 11 is 0. The third-order valence-electron chi connectivity index (χ3n) is 4.30. The minimum Gasteiger partial charge on any atom is -0.346 e. The molecule has 2 bridgehead atoms. The fourth-order valence-corrected chi connectivity index (χ4v) is 3.07. The lowest BCUT2D eigenvalue weighted by Crippen LogP contribution is -2.57. The van der Waals surface area contributed by atoms with E-state index >= 15 is 0 Å². The number of carbonyl (C=O) groups is 1. The van der Waals surface area contributed by atoms with Crippen molar-refractivity contribution in [3.63, 3.8) is 0 Å². The van der Waals surface area contributed by atoms with Gasteiger partial charge in [0.05, 0.1) is 5.56 Å². The number of hydrogen-bond acceptors (Lipinski definition) is 3. The average Bonchev–Trinajstić information content (AvgIpc) is 2.48. The Labute approximate surface area is 120 Å². The number of nitrogens with one attached hydrogen (secondary N) is 1. The van der Waals surface area contributed by atoms with Gasteiger partial charge in [0.2, 0.25) is 0 Å². The maximum absolute atomic E-state index is 12.4. The Balaban J connectivity index is 1.65. The summed E-state index contributed by atoms with van der Waals surface area (Å²) in [4.78, 5) is 18.0. The summed E-state index contributed by atoms with van der Waals surface area (Å²) < 4.78 is 37.3.